The van der Waals surface area contributed by atoms with Crippen molar-refractivity contribution in [1.82, 2.24) is 4.57 Å². The van der Waals surface area contributed by atoms with Gasteiger partial charge < -0.3 is 14.8 Å². The lowest BCUT2D eigenvalue weighted by atomic mass is 10.2. The molecule has 0 aliphatic carbocycles. The topological polar surface area (TPSA) is 62.5 Å². The van der Waals surface area contributed by atoms with Crippen LogP contribution in [0.3, 0.4) is 0 Å². The van der Waals surface area contributed by atoms with E-state index in [-0.39, 0.29) is 11.3 Å². The number of carboxylic acids is 1. The first-order valence-corrected chi connectivity index (χ1v) is 4.68. The molecular weight excluding hydrogens is 194 g/mol. The van der Waals surface area contributed by atoms with Crippen molar-refractivity contribution in [3.63, 3.8) is 0 Å². The molecule has 0 spiro atoms. The zero-order valence-corrected chi connectivity index (χ0v) is 8.27. The zero-order chi connectivity index (χ0) is 11.0. The molecule has 0 amide bonds. The number of hydrogen-bond donors (Lipinski definition) is 2. The monoisotopic (exact) mass is 205 g/mol. The van der Waals surface area contributed by atoms with E-state index < -0.39 is 5.97 Å². The molecule has 0 saturated carbocycles. The summed E-state index contributed by atoms with van der Waals surface area (Å²) in [5, 5.41) is 18.9. The van der Waals surface area contributed by atoms with Gasteiger partial charge in [-0.3, -0.25) is 0 Å². The first-order valence-electron chi connectivity index (χ1n) is 4.68. The van der Waals surface area contributed by atoms with Crippen LogP contribution in [0.25, 0.3) is 10.9 Å². The average Bonchev–Trinajstić information content (AvgIpc) is 2.55. The van der Waals surface area contributed by atoms with Gasteiger partial charge in [-0.1, -0.05) is 0 Å². The highest BCUT2D eigenvalue weighted by atomic mass is 16.4. The van der Waals surface area contributed by atoms with Gasteiger partial charge >= 0.3 is 5.97 Å². The lowest BCUT2D eigenvalue weighted by molar-refractivity contribution is 0.0699. The van der Waals surface area contributed by atoms with Crippen molar-refractivity contribution in [1.29, 1.82) is 0 Å². The summed E-state index contributed by atoms with van der Waals surface area (Å²) in [4.78, 5) is 11.0. The van der Waals surface area contributed by atoms with Gasteiger partial charge in [0.1, 0.15) is 5.75 Å². The highest BCUT2D eigenvalue weighted by Gasteiger charge is 2.13. The molecule has 2 N–H and O–H groups in total. The Morgan fingerprint density at radius 1 is 1.47 bits per heavy atom. The van der Waals surface area contributed by atoms with Crippen LogP contribution < -0.4 is 0 Å². The number of benzene rings is 1. The molecule has 78 valence electrons. The molecule has 0 unspecified atom stereocenters. The van der Waals surface area contributed by atoms with E-state index in [1.54, 1.807) is 18.3 Å². The fraction of sp³-hybridized carbons (Fsp3) is 0.182. The second-order valence-electron chi connectivity index (χ2n) is 3.34. The molecule has 4 heteroatoms. The molecule has 0 saturated heterocycles. The minimum Gasteiger partial charge on any atom is -0.508 e. The van der Waals surface area contributed by atoms with E-state index in [0.29, 0.717) is 11.9 Å². The van der Waals surface area contributed by atoms with E-state index in [9.17, 15) is 9.90 Å². The van der Waals surface area contributed by atoms with Gasteiger partial charge in [-0.2, -0.15) is 0 Å². The second kappa shape index (κ2) is 3.31. The van der Waals surface area contributed by atoms with Crippen LogP contribution >= 0.6 is 0 Å². The van der Waals surface area contributed by atoms with E-state index in [1.807, 2.05) is 11.5 Å². The largest absolute Gasteiger partial charge is 0.508 e. The van der Waals surface area contributed by atoms with Gasteiger partial charge in [0.25, 0.3) is 0 Å². The number of rotatable bonds is 2. The highest BCUT2D eigenvalue weighted by Crippen LogP contribution is 2.25. The molecule has 0 radical (unpaired) electrons. The van der Waals surface area contributed by atoms with Crippen LogP contribution in [0.5, 0.6) is 5.75 Å². The SMILES string of the molecule is CCn1cc(C(=O)O)c2cc(O)ccc21. The van der Waals surface area contributed by atoms with Gasteiger partial charge in [-0.25, -0.2) is 4.79 Å². The number of hydrogen-bond acceptors (Lipinski definition) is 2. The number of carbonyl (C=O) groups is 1. The molecule has 2 aromatic rings. The fourth-order valence-electron chi connectivity index (χ4n) is 1.72. The van der Waals surface area contributed by atoms with Gasteiger partial charge in [0.05, 0.1) is 5.56 Å². The number of nitrogens with zero attached hydrogens (tertiary/aromatic N) is 1. The number of phenolic OH excluding ortho intramolecular Hbond substituents is 1. The predicted octanol–water partition coefficient (Wildman–Crippen LogP) is 2.06. The van der Waals surface area contributed by atoms with Crippen molar-refractivity contribution in [3.8, 4) is 5.75 Å². The van der Waals surface area contributed by atoms with Crippen molar-refractivity contribution in [2.45, 2.75) is 13.5 Å². The van der Waals surface area contributed by atoms with Crippen LogP contribution in [0.2, 0.25) is 0 Å². The quantitative estimate of drug-likeness (QED) is 0.788. The maximum Gasteiger partial charge on any atom is 0.337 e. The Morgan fingerprint density at radius 3 is 2.80 bits per heavy atom. The van der Waals surface area contributed by atoms with Crippen LogP contribution in [0, 0.1) is 0 Å². The number of phenols is 1. The third-order valence-electron chi connectivity index (χ3n) is 2.44. The summed E-state index contributed by atoms with van der Waals surface area (Å²) in [6.07, 6.45) is 1.59. The minimum absolute atomic E-state index is 0.0823. The van der Waals surface area contributed by atoms with Gasteiger partial charge in [-0.15, -0.1) is 0 Å². The Kier molecular flexibility index (Phi) is 2.11. The van der Waals surface area contributed by atoms with Crippen LogP contribution in [-0.2, 0) is 6.54 Å². The first-order chi connectivity index (χ1) is 7.13. The van der Waals surface area contributed by atoms with Crippen LogP contribution in [0.15, 0.2) is 24.4 Å². The molecular formula is C11H11NO3. The van der Waals surface area contributed by atoms with Gasteiger partial charge in [0.2, 0.25) is 0 Å². The van der Waals surface area contributed by atoms with Gasteiger partial charge in [-0.05, 0) is 25.1 Å². The Hall–Kier alpha value is -1.97. The van der Waals surface area contributed by atoms with Crippen molar-refractivity contribution in [3.05, 3.63) is 30.0 Å². The maximum absolute atomic E-state index is 11.0. The van der Waals surface area contributed by atoms with Crippen molar-refractivity contribution < 1.29 is 15.0 Å². The molecule has 0 bridgehead atoms. The lowest BCUT2D eigenvalue weighted by Gasteiger charge is -1.99. The molecule has 1 aromatic heterocycles. The number of fused-ring (bicyclic) bond motifs is 1. The fourth-order valence-corrected chi connectivity index (χ4v) is 1.72. The zero-order valence-electron chi connectivity index (χ0n) is 8.27. The molecule has 0 aliphatic rings. The standard InChI is InChI=1S/C11H11NO3/c1-2-12-6-9(11(14)15)8-5-7(13)3-4-10(8)12/h3-6,13H,2H2,1H3,(H,14,15). The summed E-state index contributed by atoms with van der Waals surface area (Å²) in [6, 6.07) is 4.76. The van der Waals surface area contributed by atoms with E-state index in [1.165, 1.54) is 6.07 Å². The number of aromatic nitrogens is 1. The minimum atomic E-state index is -0.974. The van der Waals surface area contributed by atoms with Crippen LogP contribution in [0.1, 0.15) is 17.3 Å². The summed E-state index contributed by atoms with van der Waals surface area (Å²) in [5.74, 6) is -0.892. The summed E-state index contributed by atoms with van der Waals surface area (Å²) in [7, 11) is 0. The Morgan fingerprint density at radius 2 is 2.20 bits per heavy atom. The maximum atomic E-state index is 11.0. The van der Waals surface area contributed by atoms with E-state index in [0.717, 1.165) is 5.52 Å². The molecule has 0 fully saturated rings. The van der Waals surface area contributed by atoms with Crippen molar-refractivity contribution in [2.24, 2.45) is 0 Å². The van der Waals surface area contributed by atoms with Gasteiger partial charge in [0, 0.05) is 23.6 Å². The Labute approximate surface area is 86.4 Å². The number of carboxylic acid groups (broad SMARTS) is 1. The molecule has 1 aromatic carbocycles. The highest BCUT2D eigenvalue weighted by molar-refractivity contribution is 6.03. The van der Waals surface area contributed by atoms with E-state index >= 15 is 0 Å². The molecule has 4 nitrogen and oxygen atoms in total. The van der Waals surface area contributed by atoms with E-state index in [2.05, 4.69) is 0 Å². The predicted molar refractivity (Wildman–Crippen MR) is 56.2 cm³/mol. The smallest absolute Gasteiger partial charge is 0.337 e. The Balaban J connectivity index is 2.81. The molecule has 0 aliphatic heterocycles. The van der Waals surface area contributed by atoms with Crippen LogP contribution in [0.4, 0.5) is 0 Å². The number of aromatic hydroxyl groups is 1. The second-order valence-corrected chi connectivity index (χ2v) is 3.34. The summed E-state index contributed by atoms with van der Waals surface area (Å²) in [5.41, 5.74) is 1.05. The molecule has 1 heterocycles. The van der Waals surface area contributed by atoms with Crippen LogP contribution in [-0.4, -0.2) is 20.7 Å². The average molecular weight is 205 g/mol. The Bertz CT molecular complexity index is 528. The third kappa shape index (κ3) is 1.44. The molecule has 2 rings (SSSR count). The summed E-state index contributed by atoms with van der Waals surface area (Å²) >= 11 is 0. The summed E-state index contributed by atoms with van der Waals surface area (Å²) in [6.45, 7) is 2.65. The summed E-state index contributed by atoms with van der Waals surface area (Å²) < 4.78 is 1.85. The first kappa shape index (κ1) is 9.58. The van der Waals surface area contributed by atoms with Crippen molar-refractivity contribution in [2.75, 3.05) is 0 Å². The number of aromatic carboxylic acids is 1. The van der Waals surface area contributed by atoms with E-state index in [4.69, 9.17) is 5.11 Å². The molecule has 0 atom stereocenters. The lowest BCUT2D eigenvalue weighted by Crippen LogP contribution is -1.94. The number of aryl methyl sites for hydroxylation is 1. The molecule has 15 heavy (non-hydrogen) atoms. The normalized spacial score (nSPS) is 10.7. The van der Waals surface area contributed by atoms with Gasteiger partial charge in [0.15, 0.2) is 0 Å². The van der Waals surface area contributed by atoms with Crippen molar-refractivity contribution >= 4 is 16.9 Å². The third-order valence-corrected chi connectivity index (χ3v) is 2.44.